The molecule has 1 aromatic heterocycles. The number of aliphatic hydroxyl groups is 1. The number of benzene rings is 1. The van der Waals surface area contributed by atoms with Gasteiger partial charge in [0.15, 0.2) is 11.5 Å². The number of nitrogen functional groups attached to an aromatic ring is 1. The smallest absolute Gasteiger partial charge is 0.269 e. The van der Waals surface area contributed by atoms with Gasteiger partial charge in [-0.15, -0.1) is 6.42 Å². The van der Waals surface area contributed by atoms with Crippen molar-refractivity contribution in [3.05, 3.63) is 35.5 Å². The fraction of sp³-hybridized carbons (Fsp3) is 0.333. The number of carbonyl (C=O) groups excluding carboxylic acids is 2. The molecule has 2 aliphatic heterocycles. The summed E-state index contributed by atoms with van der Waals surface area (Å²) in [6, 6.07) is 7.05. The molecule has 31 heavy (non-hydrogen) atoms. The minimum Gasteiger partial charge on any atom is -0.468 e. The van der Waals surface area contributed by atoms with Crippen LogP contribution in [0, 0.1) is 12.3 Å². The highest BCUT2D eigenvalue weighted by Gasteiger charge is 2.26. The van der Waals surface area contributed by atoms with Gasteiger partial charge < -0.3 is 30.9 Å². The van der Waals surface area contributed by atoms with Crippen molar-refractivity contribution in [1.29, 1.82) is 0 Å². The SMILES string of the molecule is C#Cc1cccc(-c2nc(OC3COC3)c(N)c(C(N)=O)n2)c1.CN1CC[C@H](O)C1=O. The van der Waals surface area contributed by atoms with E-state index in [4.69, 9.17) is 32.5 Å². The van der Waals surface area contributed by atoms with E-state index >= 15 is 0 Å². The zero-order chi connectivity index (χ0) is 22.5. The third kappa shape index (κ3) is 5.09. The summed E-state index contributed by atoms with van der Waals surface area (Å²) in [5.41, 5.74) is 12.5. The van der Waals surface area contributed by atoms with E-state index in [0.717, 1.165) is 0 Å². The lowest BCUT2D eigenvalue weighted by molar-refractivity contribution is -0.133. The van der Waals surface area contributed by atoms with Gasteiger partial charge in [-0.05, 0) is 18.6 Å². The second-order valence-electron chi connectivity index (χ2n) is 7.05. The van der Waals surface area contributed by atoms with E-state index in [1.165, 1.54) is 4.90 Å². The number of ether oxygens (including phenoxy) is 2. The molecule has 4 rings (SSSR count). The van der Waals surface area contributed by atoms with E-state index in [0.29, 0.717) is 37.3 Å². The van der Waals surface area contributed by atoms with Crippen molar-refractivity contribution in [2.24, 2.45) is 5.73 Å². The number of aliphatic hydroxyl groups excluding tert-OH is 1. The number of hydrogen-bond donors (Lipinski definition) is 3. The molecule has 10 nitrogen and oxygen atoms in total. The van der Waals surface area contributed by atoms with Crippen LogP contribution in [0.2, 0.25) is 0 Å². The van der Waals surface area contributed by atoms with Gasteiger partial charge in [0.05, 0.1) is 13.2 Å². The molecular formula is C21H23N5O5. The first-order valence-corrected chi connectivity index (χ1v) is 9.52. The lowest BCUT2D eigenvalue weighted by atomic mass is 10.1. The lowest BCUT2D eigenvalue weighted by Gasteiger charge is -2.26. The van der Waals surface area contributed by atoms with Crippen molar-refractivity contribution < 1.29 is 24.2 Å². The molecule has 0 spiro atoms. The fourth-order valence-corrected chi connectivity index (χ4v) is 2.85. The maximum Gasteiger partial charge on any atom is 0.269 e. The number of amides is 2. The van der Waals surface area contributed by atoms with Crippen LogP contribution in [0.15, 0.2) is 24.3 Å². The minimum absolute atomic E-state index is 0.0151. The van der Waals surface area contributed by atoms with Crippen molar-refractivity contribution in [3.8, 4) is 29.6 Å². The van der Waals surface area contributed by atoms with Crippen molar-refractivity contribution in [2.45, 2.75) is 18.6 Å². The van der Waals surface area contributed by atoms with Gasteiger partial charge in [0, 0.05) is 24.7 Å². The van der Waals surface area contributed by atoms with Crippen molar-refractivity contribution in [1.82, 2.24) is 14.9 Å². The van der Waals surface area contributed by atoms with Crippen LogP contribution < -0.4 is 16.2 Å². The van der Waals surface area contributed by atoms with Gasteiger partial charge in [0.1, 0.15) is 17.9 Å². The van der Waals surface area contributed by atoms with E-state index in [9.17, 15) is 9.59 Å². The number of hydrogen-bond acceptors (Lipinski definition) is 8. The zero-order valence-electron chi connectivity index (χ0n) is 16.9. The minimum atomic E-state index is -0.756. The molecule has 2 amide bonds. The Labute approximate surface area is 179 Å². The predicted octanol–water partition coefficient (Wildman–Crippen LogP) is -0.207. The monoisotopic (exact) mass is 425 g/mol. The molecule has 1 aromatic carbocycles. The average Bonchev–Trinajstić information content (AvgIpc) is 3.02. The number of likely N-dealkylation sites (tertiary alicyclic amines) is 1. The van der Waals surface area contributed by atoms with E-state index in [2.05, 4.69) is 15.9 Å². The Morgan fingerprint density at radius 1 is 1.39 bits per heavy atom. The second-order valence-corrected chi connectivity index (χ2v) is 7.05. The Morgan fingerprint density at radius 3 is 2.61 bits per heavy atom. The Hall–Kier alpha value is -3.68. The molecule has 0 aliphatic carbocycles. The average molecular weight is 425 g/mol. The maximum absolute atomic E-state index is 11.6. The standard InChI is InChI=1S/C16H14N4O3.C5H9NO2/c1-2-9-4-3-5-10(6-9)15-19-13(14(18)21)12(17)16(20-15)23-11-7-22-8-11;1-6-3-2-4(7)5(6)8/h1,3-6,11H,7-8,17H2,(H2,18,21);4,7H,2-3H2,1H3/t;4-/m.0/s1. The van der Waals surface area contributed by atoms with Crippen molar-refractivity contribution in [3.63, 3.8) is 0 Å². The molecule has 3 heterocycles. The van der Waals surface area contributed by atoms with E-state index in [-0.39, 0.29) is 35.1 Å². The molecular weight excluding hydrogens is 402 g/mol. The Bertz CT molecular complexity index is 1020. The number of nitrogens with two attached hydrogens (primary N) is 2. The molecule has 0 radical (unpaired) electrons. The summed E-state index contributed by atoms with van der Waals surface area (Å²) in [6.07, 6.45) is 5.11. The fourth-order valence-electron chi connectivity index (χ4n) is 2.85. The Morgan fingerprint density at radius 2 is 2.13 bits per heavy atom. The molecule has 1 atom stereocenters. The molecule has 5 N–H and O–H groups in total. The summed E-state index contributed by atoms with van der Waals surface area (Å²) in [4.78, 5) is 32.1. The van der Waals surface area contributed by atoms with E-state index in [1.54, 1.807) is 31.3 Å². The summed E-state index contributed by atoms with van der Waals surface area (Å²) in [5.74, 6) is 2.01. The number of carbonyl (C=O) groups is 2. The van der Waals surface area contributed by atoms with Crippen LogP contribution >= 0.6 is 0 Å². The zero-order valence-corrected chi connectivity index (χ0v) is 16.9. The summed E-state index contributed by atoms with van der Waals surface area (Å²) >= 11 is 0. The summed E-state index contributed by atoms with van der Waals surface area (Å²) < 4.78 is 10.7. The molecule has 2 aliphatic rings. The summed E-state index contributed by atoms with van der Waals surface area (Å²) in [5, 5.41) is 8.78. The molecule has 0 saturated carbocycles. The molecule has 0 unspecified atom stereocenters. The highest BCUT2D eigenvalue weighted by atomic mass is 16.6. The molecule has 162 valence electrons. The number of rotatable bonds is 4. The first-order valence-electron chi connectivity index (χ1n) is 9.52. The van der Waals surface area contributed by atoms with Crippen LogP contribution in [-0.2, 0) is 9.53 Å². The third-order valence-corrected chi connectivity index (χ3v) is 4.72. The van der Waals surface area contributed by atoms with Crippen LogP contribution in [0.25, 0.3) is 11.4 Å². The third-order valence-electron chi connectivity index (χ3n) is 4.72. The predicted molar refractivity (Wildman–Crippen MR) is 112 cm³/mol. The topological polar surface area (TPSA) is 154 Å². The number of nitrogens with zero attached hydrogens (tertiary/aromatic N) is 3. The van der Waals surface area contributed by atoms with Gasteiger partial charge in [-0.2, -0.15) is 4.98 Å². The lowest BCUT2D eigenvalue weighted by Crippen LogP contribution is -2.39. The highest BCUT2D eigenvalue weighted by Crippen LogP contribution is 2.28. The molecule has 2 fully saturated rings. The van der Waals surface area contributed by atoms with Crippen LogP contribution in [0.4, 0.5) is 5.69 Å². The van der Waals surface area contributed by atoms with Gasteiger partial charge in [-0.25, -0.2) is 4.98 Å². The molecule has 2 aromatic rings. The number of primary amides is 1. The van der Waals surface area contributed by atoms with Crippen molar-refractivity contribution in [2.75, 3.05) is 32.5 Å². The summed E-state index contributed by atoms with van der Waals surface area (Å²) in [7, 11) is 1.69. The molecule has 10 heteroatoms. The number of terminal acetylenes is 1. The van der Waals surface area contributed by atoms with Crippen LogP contribution in [0.5, 0.6) is 5.88 Å². The number of anilines is 1. The first-order chi connectivity index (χ1) is 14.8. The Balaban J connectivity index is 0.000000287. The second kappa shape index (κ2) is 9.42. The largest absolute Gasteiger partial charge is 0.468 e. The first kappa shape index (κ1) is 22.0. The van der Waals surface area contributed by atoms with Gasteiger partial charge in [0.25, 0.3) is 11.8 Å². The quantitative estimate of drug-likeness (QED) is 0.569. The number of aromatic nitrogens is 2. The van der Waals surface area contributed by atoms with Crippen LogP contribution in [0.1, 0.15) is 22.5 Å². The van der Waals surface area contributed by atoms with E-state index < -0.39 is 12.0 Å². The van der Waals surface area contributed by atoms with Crippen LogP contribution in [0.3, 0.4) is 0 Å². The number of likely N-dealkylation sites (N-methyl/N-ethyl adjacent to an activating group) is 1. The maximum atomic E-state index is 11.6. The normalized spacial score (nSPS) is 17.9. The Kier molecular flexibility index (Phi) is 6.69. The summed E-state index contributed by atoms with van der Waals surface area (Å²) in [6.45, 7) is 1.58. The van der Waals surface area contributed by atoms with Gasteiger partial charge in [0.2, 0.25) is 5.88 Å². The van der Waals surface area contributed by atoms with Gasteiger partial charge >= 0.3 is 0 Å². The van der Waals surface area contributed by atoms with Gasteiger partial charge in [-0.3, -0.25) is 9.59 Å². The van der Waals surface area contributed by atoms with Crippen molar-refractivity contribution >= 4 is 17.5 Å². The van der Waals surface area contributed by atoms with Crippen LogP contribution in [-0.4, -0.2) is 70.8 Å². The molecule has 0 bridgehead atoms. The molecule has 2 saturated heterocycles. The highest BCUT2D eigenvalue weighted by molar-refractivity contribution is 5.97. The van der Waals surface area contributed by atoms with Gasteiger partial charge in [-0.1, -0.05) is 18.1 Å². The van der Waals surface area contributed by atoms with E-state index in [1.807, 2.05) is 0 Å².